The number of rotatable bonds is 10. The molecule has 0 bridgehead atoms. The van der Waals surface area contributed by atoms with Gasteiger partial charge >= 0.3 is 0 Å². The molecule has 0 aromatic heterocycles. The Kier molecular flexibility index (Phi) is 8.03. The van der Waals surface area contributed by atoms with E-state index < -0.39 is 10.0 Å². The van der Waals surface area contributed by atoms with Gasteiger partial charge in [-0.1, -0.05) is 6.07 Å². The van der Waals surface area contributed by atoms with E-state index in [0.29, 0.717) is 26.2 Å². The normalized spacial score (nSPS) is 11.4. The zero-order chi connectivity index (χ0) is 16.4. The standard InChI is InChI=1S/C14H22N2O5S/c1-20-9-4-7-16-22(18,19)13-6-3-5-12(11-13)14(17)15-8-10-21-2/h3,5-6,11,16H,4,7-10H2,1-2H3,(H,15,17). The van der Waals surface area contributed by atoms with Crippen molar-refractivity contribution in [1.82, 2.24) is 10.0 Å². The van der Waals surface area contributed by atoms with Crippen LogP contribution in [0.2, 0.25) is 0 Å². The summed E-state index contributed by atoms with van der Waals surface area (Å²) in [5.74, 6) is -0.339. The minimum Gasteiger partial charge on any atom is -0.385 e. The van der Waals surface area contributed by atoms with Gasteiger partial charge in [0.15, 0.2) is 0 Å². The molecule has 0 saturated carbocycles. The molecule has 0 unspecified atom stereocenters. The fraction of sp³-hybridized carbons (Fsp3) is 0.500. The van der Waals surface area contributed by atoms with Gasteiger partial charge in [-0.3, -0.25) is 4.79 Å². The van der Waals surface area contributed by atoms with E-state index in [1.54, 1.807) is 13.2 Å². The van der Waals surface area contributed by atoms with E-state index in [9.17, 15) is 13.2 Å². The summed E-state index contributed by atoms with van der Waals surface area (Å²) in [4.78, 5) is 12.0. The lowest BCUT2D eigenvalue weighted by atomic mass is 10.2. The highest BCUT2D eigenvalue weighted by Crippen LogP contribution is 2.11. The first-order chi connectivity index (χ1) is 10.5. The van der Waals surface area contributed by atoms with Crippen molar-refractivity contribution >= 4 is 15.9 Å². The zero-order valence-electron chi connectivity index (χ0n) is 12.8. The quantitative estimate of drug-likeness (QED) is 0.605. The third-order valence-corrected chi connectivity index (χ3v) is 4.27. The SMILES string of the molecule is COCCCNS(=O)(=O)c1cccc(C(=O)NCCOC)c1. The van der Waals surface area contributed by atoms with Crippen molar-refractivity contribution in [3.05, 3.63) is 29.8 Å². The van der Waals surface area contributed by atoms with Gasteiger partial charge < -0.3 is 14.8 Å². The molecule has 0 aliphatic carbocycles. The third-order valence-electron chi connectivity index (χ3n) is 2.82. The van der Waals surface area contributed by atoms with E-state index in [1.807, 2.05) is 0 Å². The fourth-order valence-electron chi connectivity index (χ4n) is 1.68. The highest BCUT2D eigenvalue weighted by Gasteiger charge is 2.15. The van der Waals surface area contributed by atoms with Gasteiger partial charge in [0, 0.05) is 39.5 Å². The van der Waals surface area contributed by atoms with Gasteiger partial charge in [-0.2, -0.15) is 0 Å². The van der Waals surface area contributed by atoms with Gasteiger partial charge in [-0.05, 0) is 24.6 Å². The first-order valence-electron chi connectivity index (χ1n) is 6.87. The second kappa shape index (κ2) is 9.52. The van der Waals surface area contributed by atoms with Gasteiger partial charge in [-0.25, -0.2) is 13.1 Å². The van der Waals surface area contributed by atoms with Gasteiger partial charge in [-0.15, -0.1) is 0 Å². The van der Waals surface area contributed by atoms with Crippen LogP contribution in [0.3, 0.4) is 0 Å². The van der Waals surface area contributed by atoms with Crippen molar-refractivity contribution in [2.24, 2.45) is 0 Å². The number of benzene rings is 1. The number of carbonyl (C=O) groups is 1. The Labute approximate surface area is 131 Å². The number of sulfonamides is 1. The monoisotopic (exact) mass is 330 g/mol. The molecular formula is C14H22N2O5S. The fourth-order valence-corrected chi connectivity index (χ4v) is 2.80. The molecule has 0 aliphatic rings. The van der Waals surface area contributed by atoms with Gasteiger partial charge in [0.25, 0.3) is 5.91 Å². The third kappa shape index (κ3) is 6.10. The van der Waals surface area contributed by atoms with E-state index in [2.05, 4.69) is 10.0 Å². The molecule has 0 saturated heterocycles. The Morgan fingerprint density at radius 2 is 1.86 bits per heavy atom. The summed E-state index contributed by atoms with van der Waals surface area (Å²) in [5.41, 5.74) is 0.288. The number of methoxy groups -OCH3 is 2. The van der Waals surface area contributed by atoms with E-state index in [4.69, 9.17) is 9.47 Å². The van der Waals surface area contributed by atoms with E-state index in [0.717, 1.165) is 0 Å². The topological polar surface area (TPSA) is 93.7 Å². The highest BCUT2D eigenvalue weighted by atomic mass is 32.2. The number of hydrogen-bond acceptors (Lipinski definition) is 5. The largest absolute Gasteiger partial charge is 0.385 e. The summed E-state index contributed by atoms with van der Waals surface area (Å²) in [6, 6.07) is 5.90. The number of carbonyl (C=O) groups excluding carboxylic acids is 1. The predicted octanol–water partition coefficient (Wildman–Crippen LogP) is 0.378. The molecule has 0 heterocycles. The Morgan fingerprint density at radius 1 is 1.14 bits per heavy atom. The molecule has 1 aromatic carbocycles. The van der Waals surface area contributed by atoms with Crippen molar-refractivity contribution in [2.45, 2.75) is 11.3 Å². The number of ether oxygens (including phenoxy) is 2. The molecule has 7 nitrogen and oxygen atoms in total. The Bertz CT molecular complexity index is 574. The lowest BCUT2D eigenvalue weighted by Crippen LogP contribution is -2.28. The molecule has 1 rings (SSSR count). The van der Waals surface area contributed by atoms with Gasteiger partial charge in [0.05, 0.1) is 11.5 Å². The van der Waals surface area contributed by atoms with Crippen molar-refractivity contribution in [3.8, 4) is 0 Å². The van der Waals surface area contributed by atoms with Crippen LogP contribution < -0.4 is 10.0 Å². The highest BCUT2D eigenvalue weighted by molar-refractivity contribution is 7.89. The Hall–Kier alpha value is -1.48. The average molecular weight is 330 g/mol. The molecule has 0 radical (unpaired) electrons. The first-order valence-corrected chi connectivity index (χ1v) is 8.35. The Morgan fingerprint density at radius 3 is 2.55 bits per heavy atom. The van der Waals surface area contributed by atoms with Crippen LogP contribution in [0.15, 0.2) is 29.2 Å². The van der Waals surface area contributed by atoms with Crippen LogP contribution in [-0.4, -0.2) is 54.8 Å². The summed E-state index contributed by atoms with van der Waals surface area (Å²) in [6.45, 7) is 1.51. The minimum atomic E-state index is -3.63. The van der Waals surface area contributed by atoms with E-state index in [1.165, 1.54) is 25.3 Å². The minimum absolute atomic E-state index is 0.0595. The molecule has 22 heavy (non-hydrogen) atoms. The maximum Gasteiger partial charge on any atom is 0.251 e. The molecule has 2 N–H and O–H groups in total. The maximum atomic E-state index is 12.1. The molecule has 0 fully saturated rings. The van der Waals surface area contributed by atoms with Crippen molar-refractivity contribution < 1.29 is 22.7 Å². The van der Waals surface area contributed by atoms with Crippen molar-refractivity contribution in [1.29, 1.82) is 0 Å². The molecule has 1 aromatic rings. The van der Waals surface area contributed by atoms with E-state index >= 15 is 0 Å². The average Bonchev–Trinajstić information content (AvgIpc) is 2.52. The van der Waals surface area contributed by atoms with Crippen LogP contribution in [0.5, 0.6) is 0 Å². The molecule has 124 valence electrons. The number of amides is 1. The van der Waals surface area contributed by atoms with Crippen LogP contribution in [0.1, 0.15) is 16.8 Å². The predicted molar refractivity (Wildman–Crippen MR) is 82.3 cm³/mol. The van der Waals surface area contributed by atoms with Gasteiger partial charge in [0.2, 0.25) is 10.0 Å². The maximum absolute atomic E-state index is 12.1. The first kappa shape index (κ1) is 18.6. The van der Waals surface area contributed by atoms with Crippen molar-refractivity contribution in [3.63, 3.8) is 0 Å². The summed E-state index contributed by atoms with van der Waals surface area (Å²) < 4.78 is 36.4. The second-order valence-electron chi connectivity index (χ2n) is 4.52. The summed E-state index contributed by atoms with van der Waals surface area (Å²) >= 11 is 0. The lowest BCUT2D eigenvalue weighted by Gasteiger charge is -2.09. The van der Waals surface area contributed by atoms with E-state index in [-0.39, 0.29) is 22.9 Å². The lowest BCUT2D eigenvalue weighted by molar-refractivity contribution is 0.0937. The van der Waals surface area contributed by atoms with Gasteiger partial charge in [0.1, 0.15) is 0 Å². The summed E-state index contributed by atoms with van der Waals surface area (Å²) in [7, 11) is -0.540. The van der Waals surface area contributed by atoms with Crippen LogP contribution in [-0.2, 0) is 19.5 Å². The molecule has 0 aliphatic heterocycles. The molecular weight excluding hydrogens is 308 g/mol. The van der Waals surface area contributed by atoms with Crippen molar-refractivity contribution in [2.75, 3.05) is 40.5 Å². The summed E-state index contributed by atoms with van der Waals surface area (Å²) in [6.07, 6.45) is 0.576. The molecule has 1 amide bonds. The van der Waals surface area contributed by atoms with Crippen LogP contribution in [0, 0.1) is 0 Å². The Balaban J connectivity index is 2.71. The molecule has 0 atom stereocenters. The van der Waals surface area contributed by atoms with Crippen LogP contribution in [0.25, 0.3) is 0 Å². The molecule has 0 spiro atoms. The van der Waals surface area contributed by atoms with Crippen LogP contribution >= 0.6 is 0 Å². The smallest absolute Gasteiger partial charge is 0.251 e. The number of hydrogen-bond donors (Lipinski definition) is 2. The zero-order valence-corrected chi connectivity index (χ0v) is 13.6. The molecule has 8 heteroatoms. The van der Waals surface area contributed by atoms with Crippen LogP contribution in [0.4, 0.5) is 0 Å². The summed E-state index contributed by atoms with van der Waals surface area (Å²) in [5, 5.41) is 2.64. The second-order valence-corrected chi connectivity index (χ2v) is 6.29. The number of nitrogens with one attached hydrogen (secondary N) is 2.